The van der Waals surface area contributed by atoms with Crippen molar-refractivity contribution in [3.8, 4) is 0 Å². The molecule has 1 aromatic heterocycles. The fourth-order valence-electron chi connectivity index (χ4n) is 1.77. The van der Waals surface area contributed by atoms with Crippen molar-refractivity contribution >= 4 is 33.4 Å². The highest BCUT2D eigenvalue weighted by Crippen LogP contribution is 2.17. The lowest BCUT2D eigenvalue weighted by Gasteiger charge is -2.08. The van der Waals surface area contributed by atoms with E-state index in [4.69, 9.17) is 0 Å². The normalized spacial score (nSPS) is 10.6. The van der Waals surface area contributed by atoms with Gasteiger partial charge in [-0.2, -0.15) is 16.9 Å². The zero-order chi connectivity index (χ0) is 15.2. The molecular formula is C15H18BrN3OS. The molecule has 0 aliphatic carbocycles. The van der Waals surface area contributed by atoms with Gasteiger partial charge >= 0.3 is 0 Å². The van der Waals surface area contributed by atoms with Crippen LogP contribution in [0.2, 0.25) is 0 Å². The molecule has 0 aliphatic heterocycles. The predicted octanol–water partition coefficient (Wildman–Crippen LogP) is 3.20. The number of aromatic nitrogens is 2. The molecule has 4 nitrogen and oxygen atoms in total. The van der Waals surface area contributed by atoms with Gasteiger partial charge in [-0.25, -0.2) is 4.68 Å². The van der Waals surface area contributed by atoms with Gasteiger partial charge in [0.1, 0.15) is 4.47 Å². The minimum Gasteiger partial charge on any atom is -0.382 e. The second-order valence-corrected chi connectivity index (χ2v) is 6.66. The van der Waals surface area contributed by atoms with Crippen molar-refractivity contribution in [3.63, 3.8) is 0 Å². The Morgan fingerprint density at radius 1 is 1.33 bits per heavy atom. The first kappa shape index (κ1) is 16.1. The standard InChI is InChI=1S/C15H18BrN3OS/c1-11-3-5-12(6-4-11)10-21-8-7-17-13-9-18-19(2)15(20)14(13)16/h3-6,9,17H,7-8,10H2,1-2H3. The molecule has 1 aromatic carbocycles. The number of nitrogens with zero attached hydrogens (tertiary/aromatic N) is 2. The molecule has 0 unspecified atom stereocenters. The first-order chi connectivity index (χ1) is 10.1. The second-order valence-electron chi connectivity index (χ2n) is 4.77. The third kappa shape index (κ3) is 4.61. The van der Waals surface area contributed by atoms with Crippen molar-refractivity contribution in [1.29, 1.82) is 0 Å². The number of rotatable bonds is 6. The highest BCUT2D eigenvalue weighted by atomic mass is 79.9. The molecule has 2 rings (SSSR count). The number of hydrogen-bond acceptors (Lipinski definition) is 4. The summed E-state index contributed by atoms with van der Waals surface area (Å²) in [6.07, 6.45) is 1.66. The van der Waals surface area contributed by atoms with E-state index in [-0.39, 0.29) is 5.56 Å². The van der Waals surface area contributed by atoms with Crippen LogP contribution < -0.4 is 10.9 Å². The molecular weight excluding hydrogens is 350 g/mol. The molecule has 1 heterocycles. The van der Waals surface area contributed by atoms with E-state index in [1.807, 2.05) is 11.8 Å². The van der Waals surface area contributed by atoms with E-state index in [2.05, 4.69) is 57.5 Å². The molecule has 6 heteroatoms. The Balaban J connectivity index is 1.76. The number of hydrogen-bond donors (Lipinski definition) is 1. The average molecular weight is 368 g/mol. The Bertz CT molecular complexity index is 655. The van der Waals surface area contributed by atoms with Gasteiger partial charge in [0.2, 0.25) is 0 Å². The van der Waals surface area contributed by atoms with Gasteiger partial charge in [0.05, 0.1) is 11.9 Å². The van der Waals surface area contributed by atoms with Gasteiger partial charge in [0.25, 0.3) is 5.56 Å². The molecule has 0 bridgehead atoms. The van der Waals surface area contributed by atoms with Crippen molar-refractivity contribution in [2.45, 2.75) is 12.7 Å². The van der Waals surface area contributed by atoms with Crippen LogP contribution in [0.5, 0.6) is 0 Å². The fourth-order valence-corrected chi connectivity index (χ4v) is 3.08. The molecule has 0 atom stereocenters. The van der Waals surface area contributed by atoms with Crippen LogP contribution in [0.25, 0.3) is 0 Å². The van der Waals surface area contributed by atoms with Crippen LogP contribution in [0.1, 0.15) is 11.1 Å². The van der Waals surface area contributed by atoms with E-state index >= 15 is 0 Å². The smallest absolute Gasteiger partial charge is 0.282 e. The predicted molar refractivity (Wildman–Crippen MR) is 93.0 cm³/mol. The number of aryl methyl sites for hydroxylation is 2. The van der Waals surface area contributed by atoms with Gasteiger partial charge in [0, 0.05) is 25.1 Å². The third-order valence-electron chi connectivity index (χ3n) is 3.03. The van der Waals surface area contributed by atoms with E-state index in [1.54, 1.807) is 13.2 Å². The summed E-state index contributed by atoms with van der Waals surface area (Å²) >= 11 is 5.16. The van der Waals surface area contributed by atoms with Gasteiger partial charge < -0.3 is 5.32 Å². The summed E-state index contributed by atoms with van der Waals surface area (Å²) in [5.41, 5.74) is 3.23. The van der Waals surface area contributed by atoms with Crippen LogP contribution in [0.15, 0.2) is 39.7 Å². The second kappa shape index (κ2) is 7.66. The average Bonchev–Trinajstić information content (AvgIpc) is 2.48. The van der Waals surface area contributed by atoms with Crippen LogP contribution in [0.3, 0.4) is 0 Å². The minimum atomic E-state index is -0.132. The largest absolute Gasteiger partial charge is 0.382 e. The lowest BCUT2D eigenvalue weighted by atomic mass is 10.2. The molecule has 0 saturated heterocycles. The first-order valence-corrected chi connectivity index (χ1v) is 8.61. The molecule has 2 aromatic rings. The number of anilines is 1. The van der Waals surface area contributed by atoms with Gasteiger partial charge in [-0.05, 0) is 28.4 Å². The maximum atomic E-state index is 11.7. The molecule has 0 spiro atoms. The summed E-state index contributed by atoms with van der Waals surface area (Å²) in [5, 5.41) is 7.23. The number of benzene rings is 1. The fraction of sp³-hybridized carbons (Fsp3) is 0.333. The number of thioether (sulfide) groups is 1. The maximum absolute atomic E-state index is 11.7. The molecule has 0 amide bonds. The van der Waals surface area contributed by atoms with E-state index in [0.717, 1.165) is 23.7 Å². The van der Waals surface area contributed by atoms with Crippen LogP contribution in [-0.2, 0) is 12.8 Å². The quantitative estimate of drug-likeness (QED) is 0.796. The van der Waals surface area contributed by atoms with Crippen molar-refractivity contribution in [2.75, 3.05) is 17.6 Å². The lowest BCUT2D eigenvalue weighted by molar-refractivity contribution is 0.703. The Morgan fingerprint density at radius 3 is 2.76 bits per heavy atom. The molecule has 21 heavy (non-hydrogen) atoms. The summed E-state index contributed by atoms with van der Waals surface area (Å²) in [4.78, 5) is 11.7. The molecule has 1 N–H and O–H groups in total. The van der Waals surface area contributed by atoms with E-state index in [9.17, 15) is 4.79 Å². The number of nitrogens with one attached hydrogen (secondary N) is 1. The van der Waals surface area contributed by atoms with Crippen molar-refractivity contribution in [1.82, 2.24) is 9.78 Å². The molecule has 0 saturated carbocycles. The lowest BCUT2D eigenvalue weighted by Crippen LogP contribution is -2.21. The van der Waals surface area contributed by atoms with Gasteiger partial charge in [-0.3, -0.25) is 4.79 Å². The monoisotopic (exact) mass is 367 g/mol. The zero-order valence-corrected chi connectivity index (χ0v) is 14.5. The van der Waals surface area contributed by atoms with Crippen LogP contribution in [0.4, 0.5) is 5.69 Å². The maximum Gasteiger partial charge on any atom is 0.282 e. The third-order valence-corrected chi connectivity index (χ3v) is 4.83. The van der Waals surface area contributed by atoms with E-state index in [1.165, 1.54) is 15.8 Å². The van der Waals surface area contributed by atoms with E-state index in [0.29, 0.717) is 4.47 Å². The molecule has 0 radical (unpaired) electrons. The Hall–Kier alpha value is -1.27. The highest BCUT2D eigenvalue weighted by molar-refractivity contribution is 9.10. The van der Waals surface area contributed by atoms with Gasteiger partial charge in [-0.15, -0.1) is 0 Å². The summed E-state index contributed by atoms with van der Waals surface area (Å²) in [6.45, 7) is 2.89. The Kier molecular flexibility index (Phi) is 5.87. The Labute approximate surface area is 137 Å². The summed E-state index contributed by atoms with van der Waals surface area (Å²) in [5.74, 6) is 1.97. The van der Waals surface area contributed by atoms with Crippen molar-refractivity contribution in [3.05, 3.63) is 56.4 Å². The summed E-state index contributed by atoms with van der Waals surface area (Å²) in [7, 11) is 1.63. The molecule has 112 valence electrons. The Morgan fingerprint density at radius 2 is 2.05 bits per heavy atom. The summed E-state index contributed by atoms with van der Waals surface area (Å²) < 4.78 is 1.84. The first-order valence-electron chi connectivity index (χ1n) is 6.67. The van der Waals surface area contributed by atoms with Crippen molar-refractivity contribution in [2.24, 2.45) is 7.05 Å². The number of halogens is 1. The van der Waals surface area contributed by atoms with Gasteiger partial charge in [-0.1, -0.05) is 29.8 Å². The van der Waals surface area contributed by atoms with Crippen LogP contribution >= 0.6 is 27.7 Å². The zero-order valence-electron chi connectivity index (χ0n) is 12.1. The van der Waals surface area contributed by atoms with Crippen molar-refractivity contribution < 1.29 is 0 Å². The topological polar surface area (TPSA) is 46.9 Å². The van der Waals surface area contributed by atoms with Crippen LogP contribution in [0, 0.1) is 6.92 Å². The highest BCUT2D eigenvalue weighted by Gasteiger charge is 2.05. The minimum absolute atomic E-state index is 0.132. The SMILES string of the molecule is Cc1ccc(CSCCNc2cnn(C)c(=O)c2Br)cc1. The van der Waals surface area contributed by atoms with E-state index < -0.39 is 0 Å². The summed E-state index contributed by atoms with van der Waals surface area (Å²) in [6, 6.07) is 8.60. The van der Waals surface area contributed by atoms with Crippen LogP contribution in [-0.4, -0.2) is 22.1 Å². The molecule has 0 aliphatic rings. The van der Waals surface area contributed by atoms with Gasteiger partial charge in [0.15, 0.2) is 0 Å². The molecule has 0 fully saturated rings.